The van der Waals surface area contributed by atoms with Crippen LogP contribution < -0.4 is 19.3 Å². The van der Waals surface area contributed by atoms with E-state index in [0.717, 1.165) is 77.9 Å². The van der Waals surface area contributed by atoms with Gasteiger partial charge in [0, 0.05) is 34.1 Å². The van der Waals surface area contributed by atoms with Crippen LogP contribution in [0.15, 0.2) is 316 Å². The van der Waals surface area contributed by atoms with Crippen molar-refractivity contribution in [3.8, 4) is 56.4 Å². The molecule has 2 atom stereocenters. The molecule has 16 rings (SSSR count). The Kier molecular flexibility index (Phi) is 16.3. The predicted octanol–water partition coefficient (Wildman–Crippen LogP) is 25.3. The van der Waals surface area contributed by atoms with Gasteiger partial charge in [-0.3, -0.25) is 0 Å². The third-order valence-electron chi connectivity index (χ3n) is 20.0. The molecule has 0 saturated carbocycles. The quantitative estimate of drug-likeness (QED) is 0.0849. The summed E-state index contributed by atoms with van der Waals surface area (Å²) in [7, 11) is 0. The van der Waals surface area contributed by atoms with Crippen LogP contribution in [0, 0.1) is 48.8 Å². The summed E-state index contributed by atoms with van der Waals surface area (Å²) in [4.78, 5) is 3.99. The zero-order valence-corrected chi connectivity index (χ0v) is 55.4. The van der Waals surface area contributed by atoms with Crippen molar-refractivity contribution in [2.45, 2.75) is 24.7 Å². The summed E-state index contributed by atoms with van der Waals surface area (Å²) >= 11 is 0. The second-order valence-electron chi connectivity index (χ2n) is 25.7. The molecule has 10 heteroatoms. The van der Waals surface area contributed by atoms with Crippen molar-refractivity contribution < 1.29 is 35.8 Å². The van der Waals surface area contributed by atoms with Gasteiger partial charge in [-0.05, 0) is 260 Å². The summed E-state index contributed by atoms with van der Waals surface area (Å²) < 4.78 is 107. The largest absolute Gasteiger partial charge is 0.457 e. The molecule has 2 aliphatic rings. The molecule has 14 aromatic carbocycles. The van der Waals surface area contributed by atoms with Gasteiger partial charge in [0.2, 0.25) is 0 Å². The second kappa shape index (κ2) is 25.9. The Morgan fingerprint density at radius 3 is 0.941 bits per heavy atom. The monoisotopic (exact) mass is 1340 g/mol. The number of halogens is 6. The van der Waals surface area contributed by atoms with Crippen LogP contribution in [0.1, 0.15) is 66.8 Å². The minimum atomic E-state index is -1.19. The molecule has 0 heterocycles. The van der Waals surface area contributed by atoms with Crippen molar-refractivity contribution in [3.63, 3.8) is 0 Å². The number of rotatable bonds is 17. The normalized spacial score (nSPS) is 14.6. The van der Waals surface area contributed by atoms with Crippen molar-refractivity contribution in [1.29, 1.82) is 0 Å². The minimum Gasteiger partial charge on any atom is -0.457 e. The third-order valence-corrected chi connectivity index (χ3v) is 20.0. The van der Waals surface area contributed by atoms with Gasteiger partial charge in [0.1, 0.15) is 34.6 Å². The molecule has 14 aromatic rings. The highest BCUT2D eigenvalue weighted by atomic mass is 19.2. The number of aryl methyl sites for hydroxylation is 2. The highest BCUT2D eigenvalue weighted by Crippen LogP contribution is 2.60. The van der Waals surface area contributed by atoms with Crippen molar-refractivity contribution >= 4 is 46.3 Å². The molecule has 0 N–H and O–H groups in total. The van der Waals surface area contributed by atoms with Crippen LogP contribution >= 0.6 is 0 Å². The van der Waals surface area contributed by atoms with Crippen LogP contribution in [0.5, 0.6) is 23.0 Å². The van der Waals surface area contributed by atoms with E-state index >= 15 is 26.3 Å². The molecule has 2 unspecified atom stereocenters. The zero-order valence-electron chi connectivity index (χ0n) is 55.4. The van der Waals surface area contributed by atoms with E-state index in [1.807, 2.05) is 240 Å². The van der Waals surface area contributed by atoms with E-state index in [9.17, 15) is 0 Å². The van der Waals surface area contributed by atoms with E-state index in [0.29, 0.717) is 79.4 Å². The van der Waals surface area contributed by atoms with E-state index in [4.69, 9.17) is 9.47 Å². The number of nitrogens with zero attached hydrogens (tertiary/aromatic N) is 2. The predicted molar refractivity (Wildman–Crippen MR) is 398 cm³/mol. The SMILES string of the molecule is C=Cc1ccc(Oc2ccc(C3(c4ccc(F)c(F)c4)c4ccccc4-c4ccc(N(c5ccc(-c6ccc(N(c7ccc(C)c(F)c7)c7ccc8c(c7)C(c7ccc(Oc9ccc(C=C)cc9)cc7)(c7ccc(F)c(F)c7)c7ccccc7-8)cc6)cc5)c5ccc(C)c(F)c5)cc43)cc2)cc1. The Labute approximate surface area is 587 Å². The Hall–Kier alpha value is -12.7. The van der Waals surface area contributed by atoms with Crippen LogP contribution in [-0.2, 0) is 10.8 Å². The average molecular weight is 1340 g/mol. The van der Waals surface area contributed by atoms with Crippen molar-refractivity contribution in [2.75, 3.05) is 9.80 Å². The maximum atomic E-state index is 16.1. The highest BCUT2D eigenvalue weighted by Gasteiger charge is 2.49. The van der Waals surface area contributed by atoms with Gasteiger partial charge in [-0.2, -0.15) is 0 Å². The molecule has 0 saturated heterocycles. The number of hydrogen-bond donors (Lipinski definition) is 0. The van der Waals surface area contributed by atoms with Gasteiger partial charge < -0.3 is 19.3 Å². The molecule has 0 aromatic heterocycles. The third kappa shape index (κ3) is 11.0. The van der Waals surface area contributed by atoms with E-state index in [1.54, 1.807) is 50.3 Å². The van der Waals surface area contributed by atoms with Crippen molar-refractivity contribution in [3.05, 3.63) is 418 Å². The maximum Gasteiger partial charge on any atom is 0.159 e. The fraction of sp³-hybridized carbons (Fsp3) is 0.0435. The fourth-order valence-electron chi connectivity index (χ4n) is 15.0. The molecule has 0 bridgehead atoms. The van der Waals surface area contributed by atoms with Crippen LogP contribution in [-0.4, -0.2) is 0 Å². The maximum absolute atomic E-state index is 16.1. The first-order valence-corrected chi connectivity index (χ1v) is 33.4. The molecule has 0 spiro atoms. The van der Waals surface area contributed by atoms with E-state index < -0.39 is 45.7 Å². The number of hydrogen-bond acceptors (Lipinski definition) is 4. The summed E-state index contributed by atoms with van der Waals surface area (Å²) in [5.74, 6) is -2.29. The van der Waals surface area contributed by atoms with Gasteiger partial charge in [0.25, 0.3) is 0 Å². The lowest BCUT2D eigenvalue weighted by Crippen LogP contribution is -2.29. The van der Waals surface area contributed by atoms with Crippen LogP contribution in [0.4, 0.5) is 60.5 Å². The number of ether oxygens (including phenoxy) is 2. The molecule has 2 aliphatic carbocycles. The summed E-state index contributed by atoms with van der Waals surface area (Å²) in [5, 5.41) is 0. The Bertz CT molecular complexity index is 5250. The molecular weight excluding hydrogens is 1280 g/mol. The molecule has 0 fully saturated rings. The zero-order chi connectivity index (χ0) is 70.0. The van der Waals surface area contributed by atoms with Crippen LogP contribution in [0.3, 0.4) is 0 Å². The van der Waals surface area contributed by atoms with Gasteiger partial charge in [-0.15, -0.1) is 0 Å². The molecule has 4 nitrogen and oxygen atoms in total. The Morgan fingerprint density at radius 1 is 0.275 bits per heavy atom. The minimum absolute atomic E-state index is 0.393. The lowest BCUT2D eigenvalue weighted by Gasteiger charge is -2.35. The second-order valence-corrected chi connectivity index (χ2v) is 25.7. The van der Waals surface area contributed by atoms with E-state index in [1.165, 1.54) is 36.4 Å². The summed E-state index contributed by atoms with van der Waals surface area (Å²) in [6.07, 6.45) is 3.53. The summed E-state index contributed by atoms with van der Waals surface area (Å²) in [5.41, 5.74) is 15.6. The fourth-order valence-corrected chi connectivity index (χ4v) is 15.0. The smallest absolute Gasteiger partial charge is 0.159 e. The van der Waals surface area contributed by atoms with Gasteiger partial charge in [-0.25, -0.2) is 26.3 Å². The van der Waals surface area contributed by atoms with Gasteiger partial charge in [0.05, 0.1) is 10.8 Å². The van der Waals surface area contributed by atoms with Crippen LogP contribution in [0.2, 0.25) is 0 Å². The van der Waals surface area contributed by atoms with Crippen LogP contribution in [0.25, 0.3) is 45.5 Å². The summed E-state index contributed by atoms with van der Waals surface area (Å²) in [6, 6.07) is 93.2. The molecule has 0 radical (unpaired) electrons. The molecular formula is C92H62F6N2O2. The number of anilines is 6. The summed E-state index contributed by atoms with van der Waals surface area (Å²) in [6.45, 7) is 11.2. The number of benzene rings is 14. The molecule has 0 amide bonds. The van der Waals surface area contributed by atoms with Gasteiger partial charge >= 0.3 is 0 Å². The Balaban J connectivity index is 0.781. The molecule has 494 valence electrons. The van der Waals surface area contributed by atoms with E-state index in [-0.39, 0.29) is 0 Å². The first-order valence-electron chi connectivity index (χ1n) is 33.4. The topological polar surface area (TPSA) is 24.9 Å². The first-order chi connectivity index (χ1) is 49.7. The van der Waals surface area contributed by atoms with Gasteiger partial charge in [-0.1, -0.05) is 183 Å². The lowest BCUT2D eigenvalue weighted by atomic mass is 9.67. The molecule has 0 aliphatic heterocycles. The van der Waals surface area contributed by atoms with Crippen molar-refractivity contribution in [1.82, 2.24) is 0 Å². The van der Waals surface area contributed by atoms with Gasteiger partial charge in [0.15, 0.2) is 23.3 Å². The van der Waals surface area contributed by atoms with E-state index in [2.05, 4.69) is 25.3 Å². The first kappa shape index (κ1) is 64.0. The standard InChI is InChI=1S/C92H62F6N2O2/c1-5-59-17-39-73(40-18-59)101-75-43-25-63(26-44-75)91(65-29-49-85(93)89(97)51-65)81-13-9-7-11-77(81)79-47-37-69(53-83(79)91)99(71-31-15-57(3)87(95)55-71)67-33-21-61(22-34-67)62-23-35-68(36-24-62)100(72-32-16-58(4)88(96)56-72)70-38-48-80-78-12-8-10-14-82(78)92(84(80)54-70,66-30-50-86(94)90(98)52-66)64-27-45-76(46-28-64)102-74-41-19-60(6-2)20-42-74/h5-56H,1-2H2,3-4H3. The van der Waals surface area contributed by atoms with Crippen molar-refractivity contribution in [2.24, 2.45) is 0 Å². The number of fused-ring (bicyclic) bond motifs is 6. The Morgan fingerprint density at radius 2 is 0.588 bits per heavy atom. The highest BCUT2D eigenvalue weighted by molar-refractivity contribution is 5.92. The lowest BCUT2D eigenvalue weighted by molar-refractivity contribution is 0.482. The molecule has 102 heavy (non-hydrogen) atoms. The average Bonchev–Trinajstić information content (AvgIpc) is 1.54.